The third-order valence-electron chi connectivity index (χ3n) is 6.58. The Bertz CT molecular complexity index is 1270. The first-order valence-electron chi connectivity index (χ1n) is 11.4. The van der Waals surface area contributed by atoms with E-state index < -0.39 is 5.97 Å². The van der Waals surface area contributed by atoms with Gasteiger partial charge in [-0.25, -0.2) is 4.79 Å². The summed E-state index contributed by atoms with van der Waals surface area (Å²) in [6.07, 6.45) is 2.05. The molecule has 4 rings (SSSR count). The highest BCUT2D eigenvalue weighted by molar-refractivity contribution is 5.94. The maximum absolute atomic E-state index is 13.3. The van der Waals surface area contributed by atoms with Crippen LogP contribution in [0.3, 0.4) is 0 Å². The minimum atomic E-state index is -1.01. The summed E-state index contributed by atoms with van der Waals surface area (Å²) in [6, 6.07) is 8.12. The number of aryl methyl sites for hydroxylation is 1. The molecule has 0 spiro atoms. The van der Waals surface area contributed by atoms with E-state index in [9.17, 15) is 14.7 Å². The van der Waals surface area contributed by atoms with Gasteiger partial charge in [-0.1, -0.05) is 26.0 Å². The van der Waals surface area contributed by atoms with Crippen LogP contribution >= 0.6 is 0 Å². The molecule has 3 aromatic rings. The first-order chi connectivity index (χ1) is 15.6. The van der Waals surface area contributed by atoms with Crippen molar-refractivity contribution in [2.45, 2.75) is 53.5 Å². The first-order valence-corrected chi connectivity index (χ1v) is 11.4. The second kappa shape index (κ2) is 8.54. The minimum absolute atomic E-state index is 0.0547. The number of carboxylic acids is 1. The molecule has 33 heavy (non-hydrogen) atoms. The summed E-state index contributed by atoms with van der Waals surface area (Å²) in [7, 11) is 0. The van der Waals surface area contributed by atoms with E-state index in [0.717, 1.165) is 25.9 Å². The number of benzene rings is 1. The SMILES string of the molecule is Cc1cc2c(=O)c(C)c(N3CCC(C)(C)CC3)oc2c(C(C)Nc2ccccc2C(=O)O)n1. The number of hydrogen-bond acceptors (Lipinski definition) is 6. The summed E-state index contributed by atoms with van der Waals surface area (Å²) in [5, 5.41) is 13.3. The maximum atomic E-state index is 13.3. The van der Waals surface area contributed by atoms with Gasteiger partial charge in [-0.2, -0.15) is 0 Å². The van der Waals surface area contributed by atoms with Crippen LogP contribution in [0.15, 0.2) is 39.5 Å². The minimum Gasteiger partial charge on any atom is -0.478 e. The van der Waals surface area contributed by atoms with Gasteiger partial charge in [0.2, 0.25) is 5.88 Å². The highest BCUT2D eigenvalue weighted by Gasteiger charge is 2.29. The van der Waals surface area contributed by atoms with Gasteiger partial charge in [0.1, 0.15) is 5.69 Å². The van der Waals surface area contributed by atoms with E-state index in [1.807, 2.05) is 20.8 Å². The van der Waals surface area contributed by atoms with Crippen LogP contribution < -0.4 is 15.6 Å². The van der Waals surface area contributed by atoms with Crippen molar-refractivity contribution in [2.24, 2.45) is 5.41 Å². The van der Waals surface area contributed by atoms with Gasteiger partial charge in [-0.3, -0.25) is 9.78 Å². The molecule has 1 unspecified atom stereocenters. The van der Waals surface area contributed by atoms with E-state index >= 15 is 0 Å². The number of anilines is 2. The molecule has 174 valence electrons. The molecule has 0 amide bonds. The van der Waals surface area contributed by atoms with E-state index in [1.54, 1.807) is 30.3 Å². The lowest BCUT2D eigenvalue weighted by molar-refractivity contribution is 0.0698. The van der Waals surface area contributed by atoms with Crippen molar-refractivity contribution in [1.29, 1.82) is 0 Å². The zero-order valence-corrected chi connectivity index (χ0v) is 19.9. The Morgan fingerprint density at radius 1 is 1.21 bits per heavy atom. The molecule has 1 atom stereocenters. The third-order valence-corrected chi connectivity index (χ3v) is 6.58. The third kappa shape index (κ3) is 4.45. The second-order valence-electron chi connectivity index (χ2n) is 9.75. The van der Waals surface area contributed by atoms with Crippen molar-refractivity contribution in [3.05, 3.63) is 63.1 Å². The average Bonchev–Trinajstić information content (AvgIpc) is 2.76. The Labute approximate surface area is 193 Å². The molecular weight excluding hydrogens is 418 g/mol. The molecule has 0 bridgehead atoms. The molecule has 7 heteroatoms. The van der Waals surface area contributed by atoms with E-state index in [2.05, 4.69) is 24.1 Å². The van der Waals surface area contributed by atoms with E-state index in [0.29, 0.717) is 39.5 Å². The monoisotopic (exact) mass is 449 g/mol. The summed E-state index contributed by atoms with van der Waals surface area (Å²) in [4.78, 5) is 31.8. The number of rotatable bonds is 5. The number of aromatic carboxylic acids is 1. The molecule has 1 aromatic carbocycles. The van der Waals surface area contributed by atoms with Gasteiger partial charge in [0.25, 0.3) is 0 Å². The highest BCUT2D eigenvalue weighted by atomic mass is 16.4. The lowest BCUT2D eigenvalue weighted by atomic mass is 9.82. The van der Waals surface area contributed by atoms with Crippen LogP contribution in [-0.2, 0) is 0 Å². The van der Waals surface area contributed by atoms with Crippen molar-refractivity contribution in [3.63, 3.8) is 0 Å². The number of carboxylic acid groups (broad SMARTS) is 1. The molecule has 1 aliphatic heterocycles. The summed E-state index contributed by atoms with van der Waals surface area (Å²) in [6.45, 7) is 11.7. The maximum Gasteiger partial charge on any atom is 0.337 e. The summed E-state index contributed by atoms with van der Waals surface area (Å²) in [5.74, 6) is -0.405. The highest BCUT2D eigenvalue weighted by Crippen LogP contribution is 2.35. The van der Waals surface area contributed by atoms with Crippen molar-refractivity contribution in [3.8, 4) is 0 Å². The molecule has 0 radical (unpaired) electrons. The lowest BCUT2D eigenvalue weighted by Gasteiger charge is -2.37. The zero-order chi connectivity index (χ0) is 23.9. The van der Waals surface area contributed by atoms with Crippen molar-refractivity contribution >= 4 is 28.5 Å². The van der Waals surface area contributed by atoms with Crippen LogP contribution in [0.4, 0.5) is 11.6 Å². The van der Waals surface area contributed by atoms with Crippen LogP contribution in [0.2, 0.25) is 0 Å². The van der Waals surface area contributed by atoms with Crippen LogP contribution in [0.5, 0.6) is 0 Å². The second-order valence-corrected chi connectivity index (χ2v) is 9.75. The number of hydrogen-bond donors (Lipinski definition) is 2. The van der Waals surface area contributed by atoms with Crippen LogP contribution in [0.25, 0.3) is 11.0 Å². The van der Waals surface area contributed by atoms with E-state index in [-0.39, 0.29) is 22.4 Å². The van der Waals surface area contributed by atoms with Crippen LogP contribution in [0, 0.1) is 19.3 Å². The summed E-state index contributed by atoms with van der Waals surface area (Å²) in [5.41, 5.74) is 3.23. The van der Waals surface area contributed by atoms with Gasteiger partial charge in [0.05, 0.1) is 22.6 Å². The predicted molar refractivity (Wildman–Crippen MR) is 130 cm³/mol. The Kier molecular flexibility index (Phi) is 5.91. The van der Waals surface area contributed by atoms with Crippen molar-refractivity contribution in [1.82, 2.24) is 4.98 Å². The average molecular weight is 450 g/mol. The molecule has 1 saturated heterocycles. The molecule has 2 N–H and O–H groups in total. The molecular formula is C26H31N3O4. The topological polar surface area (TPSA) is 95.7 Å². The largest absolute Gasteiger partial charge is 0.478 e. The van der Waals surface area contributed by atoms with E-state index in [1.165, 1.54) is 0 Å². The molecule has 1 fully saturated rings. The number of fused-ring (bicyclic) bond motifs is 1. The first kappa shape index (κ1) is 22.8. The number of para-hydroxylation sites is 1. The fourth-order valence-electron chi connectivity index (χ4n) is 4.44. The van der Waals surface area contributed by atoms with Gasteiger partial charge in [-0.15, -0.1) is 0 Å². The van der Waals surface area contributed by atoms with Gasteiger partial charge < -0.3 is 19.7 Å². The molecule has 1 aliphatic rings. The lowest BCUT2D eigenvalue weighted by Crippen LogP contribution is -2.38. The fraction of sp³-hybridized carbons (Fsp3) is 0.423. The predicted octanol–water partition coefficient (Wildman–Crippen LogP) is 5.30. The smallest absolute Gasteiger partial charge is 0.337 e. The Balaban J connectivity index is 1.80. The number of piperidine rings is 1. The quantitative estimate of drug-likeness (QED) is 0.545. The molecule has 0 aliphatic carbocycles. The number of nitrogens with zero attached hydrogens (tertiary/aromatic N) is 2. The molecule has 3 heterocycles. The summed E-state index contributed by atoms with van der Waals surface area (Å²) >= 11 is 0. The standard InChI is InChI=1S/C26H31N3O4/c1-15-14-19-22(30)16(2)24(29-12-10-26(4,5)11-13-29)33-23(19)21(27-15)17(3)28-20-9-7-6-8-18(20)25(31)32/h6-9,14,17,28H,10-13H2,1-5H3,(H,31,32). The number of carbonyl (C=O) groups is 1. The van der Waals surface area contributed by atoms with Crippen molar-refractivity contribution < 1.29 is 14.3 Å². The Morgan fingerprint density at radius 3 is 2.55 bits per heavy atom. The van der Waals surface area contributed by atoms with Crippen LogP contribution in [-0.4, -0.2) is 29.1 Å². The van der Waals surface area contributed by atoms with Gasteiger partial charge in [-0.05, 0) is 57.2 Å². The Hall–Kier alpha value is -3.35. The van der Waals surface area contributed by atoms with E-state index in [4.69, 9.17) is 9.40 Å². The summed E-state index contributed by atoms with van der Waals surface area (Å²) < 4.78 is 6.41. The zero-order valence-electron chi connectivity index (χ0n) is 19.9. The molecule has 0 saturated carbocycles. The normalized spacial score (nSPS) is 16.6. The van der Waals surface area contributed by atoms with Gasteiger partial charge in [0.15, 0.2) is 11.0 Å². The Morgan fingerprint density at radius 2 is 1.88 bits per heavy atom. The molecule has 7 nitrogen and oxygen atoms in total. The van der Waals surface area contributed by atoms with Crippen molar-refractivity contribution in [2.75, 3.05) is 23.3 Å². The van der Waals surface area contributed by atoms with Crippen LogP contribution in [0.1, 0.15) is 67.0 Å². The number of nitrogens with one attached hydrogen (secondary N) is 1. The fourth-order valence-corrected chi connectivity index (χ4v) is 4.44. The number of pyridine rings is 1. The van der Waals surface area contributed by atoms with Gasteiger partial charge in [0, 0.05) is 24.5 Å². The van der Waals surface area contributed by atoms with Gasteiger partial charge >= 0.3 is 5.97 Å². The number of aromatic nitrogens is 1. The molecule has 2 aromatic heterocycles.